The molecule has 2 amide bonds. The van der Waals surface area contributed by atoms with Gasteiger partial charge in [0, 0.05) is 29.9 Å². The normalized spacial score (nSPS) is 24.5. The van der Waals surface area contributed by atoms with E-state index in [-0.39, 0.29) is 18.6 Å². The Kier molecular flexibility index (Phi) is 4.74. The number of hydrogen-bond acceptors (Lipinski definition) is 3. The first-order valence-corrected chi connectivity index (χ1v) is 11.2. The smallest absolute Gasteiger partial charge is 0.407 e. The van der Waals surface area contributed by atoms with E-state index in [1.165, 1.54) is 22.3 Å². The molecule has 2 aromatic rings. The molecule has 2 saturated heterocycles. The van der Waals surface area contributed by atoms with Crippen molar-refractivity contribution in [3.05, 3.63) is 70.8 Å². The van der Waals surface area contributed by atoms with Gasteiger partial charge in [0.25, 0.3) is 0 Å². The van der Waals surface area contributed by atoms with Crippen LogP contribution in [0.15, 0.2) is 48.5 Å². The predicted molar refractivity (Wildman–Crippen MR) is 120 cm³/mol. The van der Waals surface area contributed by atoms with E-state index in [1.807, 2.05) is 0 Å². The fourth-order valence-electron chi connectivity index (χ4n) is 6.33. The van der Waals surface area contributed by atoms with Crippen molar-refractivity contribution in [2.45, 2.75) is 38.3 Å². The van der Waals surface area contributed by atoms with Crippen molar-refractivity contribution in [3.8, 4) is 0 Å². The van der Waals surface area contributed by atoms with Crippen molar-refractivity contribution in [2.75, 3.05) is 19.6 Å². The summed E-state index contributed by atoms with van der Waals surface area (Å²) >= 11 is 0. The summed E-state index contributed by atoms with van der Waals surface area (Å²) in [6.45, 7) is 5.18. The highest BCUT2D eigenvalue weighted by Gasteiger charge is 2.71. The molecule has 0 saturated carbocycles. The number of carbonyl (C=O) groups is 2. The molecule has 1 aliphatic carbocycles. The third-order valence-corrected chi connectivity index (χ3v) is 7.37. The maximum Gasteiger partial charge on any atom is 0.407 e. The zero-order valence-corrected chi connectivity index (χ0v) is 18.1. The van der Waals surface area contributed by atoms with Gasteiger partial charge in [-0.25, -0.2) is 14.1 Å². The van der Waals surface area contributed by atoms with Crippen LogP contribution >= 0.6 is 0 Å². The molecule has 0 unspecified atom stereocenters. The highest BCUT2D eigenvalue weighted by atomic mass is 16.6. The Morgan fingerprint density at radius 3 is 2.10 bits per heavy atom. The zero-order chi connectivity index (χ0) is 21.6. The Morgan fingerprint density at radius 2 is 1.55 bits per heavy atom. The van der Waals surface area contributed by atoms with E-state index in [0.29, 0.717) is 10.4 Å². The number of quaternary nitrogens is 1. The third kappa shape index (κ3) is 2.79. The number of fused-ring (bicyclic) bond motifs is 2. The number of nitrogens with one attached hydrogen (secondary N) is 1. The first kappa shape index (κ1) is 20.0. The second-order valence-electron chi connectivity index (χ2n) is 9.16. The van der Waals surface area contributed by atoms with E-state index >= 15 is 0 Å². The Morgan fingerprint density at radius 1 is 1.00 bits per heavy atom. The number of benzene rings is 2. The molecule has 5 heteroatoms. The summed E-state index contributed by atoms with van der Waals surface area (Å²) in [5.41, 5.74) is 4.39. The number of alkyl carbamates (subject to hydrolysis) is 1. The van der Waals surface area contributed by atoms with Gasteiger partial charge in [-0.05, 0) is 25.0 Å². The van der Waals surface area contributed by atoms with Crippen LogP contribution in [0.1, 0.15) is 48.9 Å². The number of rotatable bonds is 3. The summed E-state index contributed by atoms with van der Waals surface area (Å²) in [4.78, 5) is 26.0. The number of ether oxygens (including phenoxy) is 1. The molecule has 2 heterocycles. The van der Waals surface area contributed by atoms with Gasteiger partial charge in [0.05, 0.1) is 19.2 Å². The van der Waals surface area contributed by atoms with Gasteiger partial charge in [0.15, 0.2) is 5.54 Å². The molecule has 1 spiro atoms. The van der Waals surface area contributed by atoms with Gasteiger partial charge in [-0.1, -0.05) is 60.7 Å². The van der Waals surface area contributed by atoms with Gasteiger partial charge >= 0.3 is 12.0 Å². The fraction of sp³-hybridized carbons (Fsp3) is 0.385. The van der Waals surface area contributed by atoms with Crippen LogP contribution in [0.4, 0.5) is 4.79 Å². The predicted octanol–water partition coefficient (Wildman–Crippen LogP) is 4.32. The SMILES string of the molecule is CC(C)OC(=O)NCC(=O)[N+]12CCC(CC1)C21c2ccccc2C=Cc2ccccc21. The molecule has 160 valence electrons. The zero-order valence-electron chi connectivity index (χ0n) is 18.1. The molecule has 0 aromatic heterocycles. The van der Waals surface area contributed by atoms with Crippen molar-refractivity contribution < 1.29 is 18.8 Å². The number of nitrogens with zero attached hydrogens (tertiary/aromatic N) is 1. The Hall–Kier alpha value is -2.92. The number of hydrogen-bond donors (Lipinski definition) is 1. The fourth-order valence-corrected chi connectivity index (χ4v) is 6.33. The minimum Gasteiger partial charge on any atom is -0.447 e. The molecule has 1 N–H and O–H groups in total. The third-order valence-electron chi connectivity index (χ3n) is 7.37. The topological polar surface area (TPSA) is 55.4 Å². The maximum absolute atomic E-state index is 13.9. The van der Waals surface area contributed by atoms with Crippen LogP contribution in [0.2, 0.25) is 0 Å². The molecule has 3 aliphatic rings. The lowest BCUT2D eigenvalue weighted by atomic mass is 9.72. The molecule has 2 aliphatic heterocycles. The summed E-state index contributed by atoms with van der Waals surface area (Å²) in [5, 5.41) is 2.71. The van der Waals surface area contributed by atoms with Crippen LogP contribution in [-0.4, -0.2) is 42.2 Å². The number of piperidine rings is 1. The van der Waals surface area contributed by atoms with Gasteiger partial charge in [-0.2, -0.15) is 0 Å². The summed E-state index contributed by atoms with van der Waals surface area (Å²) in [6.07, 6.45) is 5.62. The van der Waals surface area contributed by atoms with Crippen LogP contribution in [-0.2, 0) is 15.1 Å². The Labute approximate surface area is 183 Å². The first-order valence-electron chi connectivity index (χ1n) is 11.2. The van der Waals surface area contributed by atoms with Crippen LogP contribution in [0.3, 0.4) is 0 Å². The number of amides is 2. The Balaban J connectivity index is 1.64. The lowest BCUT2D eigenvalue weighted by Gasteiger charge is -2.45. The first-order chi connectivity index (χ1) is 15.0. The molecular formula is C26H29N2O3+. The van der Waals surface area contributed by atoms with E-state index < -0.39 is 11.6 Å². The molecule has 2 fully saturated rings. The lowest BCUT2D eigenvalue weighted by molar-refractivity contribution is -0.884. The number of carbonyl (C=O) groups excluding carboxylic acids is 2. The minimum atomic E-state index is -0.533. The summed E-state index contributed by atoms with van der Waals surface area (Å²) in [6, 6.07) is 17.0. The average Bonchev–Trinajstić information content (AvgIpc) is 3.22. The monoisotopic (exact) mass is 417 g/mol. The molecular weight excluding hydrogens is 388 g/mol. The largest absolute Gasteiger partial charge is 0.447 e. The van der Waals surface area contributed by atoms with E-state index in [2.05, 4.69) is 66.0 Å². The van der Waals surface area contributed by atoms with Crippen LogP contribution in [0.5, 0.6) is 0 Å². The van der Waals surface area contributed by atoms with Crippen LogP contribution in [0.25, 0.3) is 12.2 Å². The Bertz CT molecular complexity index is 1010. The van der Waals surface area contributed by atoms with Crippen molar-refractivity contribution in [2.24, 2.45) is 5.92 Å². The molecule has 0 atom stereocenters. The lowest BCUT2D eigenvalue weighted by Crippen LogP contribution is -2.63. The molecule has 2 bridgehead atoms. The second kappa shape index (κ2) is 7.34. The van der Waals surface area contributed by atoms with Gasteiger partial charge in [-0.15, -0.1) is 0 Å². The molecule has 5 nitrogen and oxygen atoms in total. The van der Waals surface area contributed by atoms with Crippen molar-refractivity contribution >= 4 is 24.2 Å². The molecule has 2 aromatic carbocycles. The van der Waals surface area contributed by atoms with Crippen LogP contribution in [0, 0.1) is 5.92 Å². The van der Waals surface area contributed by atoms with Gasteiger partial charge in [0.2, 0.25) is 0 Å². The van der Waals surface area contributed by atoms with Crippen molar-refractivity contribution in [1.29, 1.82) is 0 Å². The molecule has 31 heavy (non-hydrogen) atoms. The average molecular weight is 418 g/mol. The van der Waals surface area contributed by atoms with Gasteiger partial charge in [-0.3, -0.25) is 0 Å². The summed E-state index contributed by atoms with van der Waals surface area (Å²) in [5.74, 6) is 0.452. The summed E-state index contributed by atoms with van der Waals surface area (Å²) < 4.78 is 5.56. The molecule has 5 rings (SSSR count). The van der Waals surface area contributed by atoms with Crippen molar-refractivity contribution in [1.82, 2.24) is 5.32 Å². The quantitative estimate of drug-likeness (QED) is 0.757. The highest BCUT2D eigenvalue weighted by molar-refractivity contribution is 5.82. The van der Waals surface area contributed by atoms with E-state index in [4.69, 9.17) is 4.74 Å². The van der Waals surface area contributed by atoms with E-state index in [1.54, 1.807) is 13.8 Å². The summed E-state index contributed by atoms with van der Waals surface area (Å²) in [7, 11) is 0. The van der Waals surface area contributed by atoms with Gasteiger partial charge < -0.3 is 10.1 Å². The second-order valence-corrected chi connectivity index (χ2v) is 9.16. The molecule has 0 radical (unpaired) electrons. The van der Waals surface area contributed by atoms with Crippen LogP contribution < -0.4 is 5.32 Å². The highest BCUT2D eigenvalue weighted by Crippen LogP contribution is 2.61. The standard InChI is InChI=1S/C26H28N2O3/c1-18(2)31-25(30)27-17-24(29)28-15-13-21(14-16-28)26(28)22-9-5-3-7-19(22)11-12-20-8-4-6-10-23(20)26/h3-12,18,21H,13-17H2,1-2H3/p+1. The minimum absolute atomic E-state index is 0.0161. The van der Waals surface area contributed by atoms with E-state index in [0.717, 1.165) is 25.9 Å². The van der Waals surface area contributed by atoms with Gasteiger partial charge in [0.1, 0.15) is 6.54 Å². The van der Waals surface area contributed by atoms with Crippen molar-refractivity contribution in [3.63, 3.8) is 0 Å². The van der Waals surface area contributed by atoms with E-state index in [9.17, 15) is 9.59 Å². The maximum atomic E-state index is 13.9.